The number of benzene rings is 1. The van der Waals surface area contributed by atoms with Crippen molar-refractivity contribution in [3.05, 3.63) is 30.3 Å². The Balaban J connectivity index is -0.000000294. The smallest absolute Gasteiger partial charge is 0.822 e. The van der Waals surface area contributed by atoms with Gasteiger partial charge in [-0.05, 0) is 18.6 Å². The SMILES string of the molecule is CCCCCCCCCCCCOc1ccccc1.O=P([O-])([O-])[O-].[Na+].[Na+].[Na+]. The second-order valence-electron chi connectivity index (χ2n) is 5.79. The molecule has 0 saturated carbocycles. The largest absolute Gasteiger partial charge is 1.00 e. The van der Waals surface area contributed by atoms with Crippen LogP contribution in [0.2, 0.25) is 0 Å². The van der Waals surface area contributed by atoms with Gasteiger partial charge in [-0.3, -0.25) is 0 Å². The van der Waals surface area contributed by atoms with Gasteiger partial charge in [0.05, 0.1) is 6.61 Å². The van der Waals surface area contributed by atoms with Gasteiger partial charge in [-0.2, -0.15) is 7.82 Å². The molecule has 0 saturated heterocycles. The van der Waals surface area contributed by atoms with Crippen molar-refractivity contribution in [2.75, 3.05) is 6.61 Å². The number of hydrogen-bond acceptors (Lipinski definition) is 5. The first-order valence-corrected chi connectivity index (χ1v) is 10.3. The summed E-state index contributed by atoms with van der Waals surface area (Å²) in [6.45, 7) is 3.14. The van der Waals surface area contributed by atoms with Crippen LogP contribution in [0.3, 0.4) is 0 Å². The summed E-state index contributed by atoms with van der Waals surface area (Å²) in [5, 5.41) is 0. The van der Waals surface area contributed by atoms with Crippen molar-refractivity contribution in [3.63, 3.8) is 0 Å². The molecule has 0 bridgehead atoms. The van der Waals surface area contributed by atoms with E-state index in [1.54, 1.807) is 0 Å². The fourth-order valence-electron chi connectivity index (χ4n) is 2.30. The summed E-state index contributed by atoms with van der Waals surface area (Å²) < 4.78 is 14.2. The molecule has 5 nitrogen and oxygen atoms in total. The molecule has 0 unspecified atom stereocenters. The van der Waals surface area contributed by atoms with Crippen molar-refractivity contribution < 1.29 is 113 Å². The normalized spacial score (nSPS) is 9.63. The van der Waals surface area contributed by atoms with E-state index in [2.05, 4.69) is 6.92 Å². The van der Waals surface area contributed by atoms with Crippen LogP contribution in [0.4, 0.5) is 0 Å². The molecule has 1 aromatic rings. The number of hydrogen-bond donors (Lipinski definition) is 0. The number of phosphoric acid groups is 1. The van der Waals surface area contributed by atoms with Gasteiger partial charge < -0.3 is 24.0 Å². The fraction of sp³-hybridized carbons (Fsp3) is 0.667. The third kappa shape index (κ3) is 35.9. The van der Waals surface area contributed by atoms with Crippen molar-refractivity contribution in [1.82, 2.24) is 0 Å². The summed E-state index contributed by atoms with van der Waals surface area (Å²) in [5.74, 6) is 0.999. The Morgan fingerprint density at radius 2 is 1.11 bits per heavy atom. The van der Waals surface area contributed by atoms with Crippen LogP contribution in [-0.2, 0) is 4.57 Å². The van der Waals surface area contributed by atoms with Crippen molar-refractivity contribution in [1.29, 1.82) is 0 Å². The van der Waals surface area contributed by atoms with Gasteiger partial charge in [-0.1, -0.05) is 82.9 Å². The fourth-order valence-corrected chi connectivity index (χ4v) is 2.30. The second-order valence-corrected chi connectivity index (χ2v) is 6.69. The summed E-state index contributed by atoms with van der Waals surface area (Å²) in [4.78, 5) is 25.6. The zero-order valence-corrected chi connectivity index (χ0v) is 24.5. The first-order chi connectivity index (χ1) is 11.4. The number of ether oxygens (including phenoxy) is 1. The summed E-state index contributed by atoms with van der Waals surface area (Å²) in [6.07, 6.45) is 13.7. The van der Waals surface area contributed by atoms with Gasteiger partial charge in [0, 0.05) is 0 Å². The molecule has 27 heavy (non-hydrogen) atoms. The first-order valence-electron chi connectivity index (χ1n) is 8.84. The Kier molecular flexibility index (Phi) is 35.4. The predicted molar refractivity (Wildman–Crippen MR) is 91.4 cm³/mol. The topological polar surface area (TPSA) is 95.5 Å². The van der Waals surface area contributed by atoms with Crippen molar-refractivity contribution >= 4 is 7.82 Å². The summed E-state index contributed by atoms with van der Waals surface area (Å²) in [7, 11) is -5.39. The molecule has 0 N–H and O–H groups in total. The third-order valence-corrected chi connectivity index (χ3v) is 3.51. The van der Waals surface area contributed by atoms with Gasteiger partial charge in [0.15, 0.2) is 0 Å². The van der Waals surface area contributed by atoms with E-state index >= 15 is 0 Å². The van der Waals surface area contributed by atoms with E-state index in [4.69, 9.17) is 24.0 Å². The van der Waals surface area contributed by atoms with E-state index < -0.39 is 7.82 Å². The average Bonchev–Trinajstić information content (AvgIpc) is 2.52. The van der Waals surface area contributed by atoms with Crippen LogP contribution in [0.25, 0.3) is 0 Å². The third-order valence-electron chi connectivity index (χ3n) is 3.51. The predicted octanol–water partition coefficient (Wildman–Crippen LogP) is -5.83. The number of para-hydroxylation sites is 1. The second kappa shape index (κ2) is 26.2. The minimum absolute atomic E-state index is 0. The minimum Gasteiger partial charge on any atom is -0.822 e. The molecule has 0 aliphatic carbocycles. The van der Waals surface area contributed by atoms with Crippen LogP contribution in [-0.4, -0.2) is 6.61 Å². The van der Waals surface area contributed by atoms with E-state index in [0.29, 0.717) is 0 Å². The first kappa shape index (κ1) is 36.5. The molecule has 0 atom stereocenters. The molecule has 0 spiro atoms. The Morgan fingerprint density at radius 1 is 0.741 bits per heavy atom. The monoisotopic (exact) mass is 426 g/mol. The van der Waals surface area contributed by atoms with Gasteiger partial charge in [0.1, 0.15) is 5.75 Å². The van der Waals surface area contributed by atoms with E-state index in [1.807, 2.05) is 30.3 Å². The van der Waals surface area contributed by atoms with E-state index in [0.717, 1.165) is 12.4 Å². The van der Waals surface area contributed by atoms with E-state index in [9.17, 15) is 0 Å². The van der Waals surface area contributed by atoms with Crippen LogP contribution < -0.4 is 108 Å². The summed E-state index contributed by atoms with van der Waals surface area (Å²) in [6, 6.07) is 10.1. The Labute approximate surface area is 231 Å². The van der Waals surface area contributed by atoms with Gasteiger partial charge in [0.2, 0.25) is 0 Å². The van der Waals surface area contributed by atoms with Gasteiger partial charge in [0.25, 0.3) is 0 Å². The maximum Gasteiger partial charge on any atom is 1.00 e. The molecule has 0 aliphatic rings. The van der Waals surface area contributed by atoms with Gasteiger partial charge in [-0.25, -0.2) is 0 Å². The molecule has 0 aromatic heterocycles. The molecule has 0 heterocycles. The van der Waals surface area contributed by atoms with Crippen LogP contribution in [0, 0.1) is 0 Å². The molecule has 1 aromatic carbocycles. The van der Waals surface area contributed by atoms with Crippen LogP contribution >= 0.6 is 7.82 Å². The Morgan fingerprint density at radius 3 is 1.52 bits per heavy atom. The zero-order chi connectivity index (χ0) is 18.1. The average molecular weight is 426 g/mol. The molecular weight excluding hydrogens is 396 g/mol. The van der Waals surface area contributed by atoms with Crippen molar-refractivity contribution in [2.24, 2.45) is 0 Å². The molecule has 0 amide bonds. The van der Waals surface area contributed by atoms with Crippen LogP contribution in [0.5, 0.6) is 5.75 Å². The molecule has 0 radical (unpaired) electrons. The Bertz CT molecular complexity index is 424. The van der Waals surface area contributed by atoms with E-state index in [-0.39, 0.29) is 88.7 Å². The quantitative estimate of drug-likeness (QED) is 0.189. The van der Waals surface area contributed by atoms with Crippen LogP contribution in [0.1, 0.15) is 71.1 Å². The standard InChI is InChI=1S/C18H30O.3Na.H3O4P/c1-2-3-4-5-6-7-8-9-10-14-17-19-18-15-12-11-13-16-18;;;;1-5(2,3)4/h11-13,15-16H,2-10,14,17H2,1H3;;;;(H3,1,2,3,4)/q;3*+1;/p-3. The summed E-state index contributed by atoms with van der Waals surface area (Å²) >= 11 is 0. The molecule has 9 heteroatoms. The summed E-state index contributed by atoms with van der Waals surface area (Å²) in [5.41, 5.74) is 0. The van der Waals surface area contributed by atoms with E-state index in [1.165, 1.54) is 64.2 Å². The number of rotatable bonds is 12. The van der Waals surface area contributed by atoms with Gasteiger partial charge >= 0.3 is 88.7 Å². The maximum atomic E-state index is 8.55. The van der Waals surface area contributed by atoms with Crippen molar-refractivity contribution in [3.8, 4) is 5.75 Å². The minimum atomic E-state index is -5.39. The van der Waals surface area contributed by atoms with Gasteiger partial charge in [-0.15, -0.1) is 0 Å². The molecule has 0 aliphatic heterocycles. The molecule has 0 fully saturated rings. The van der Waals surface area contributed by atoms with Crippen LogP contribution in [0.15, 0.2) is 30.3 Å². The Hall–Kier alpha value is 2.13. The molecule has 140 valence electrons. The molecule has 1 rings (SSSR count). The molecular formula is C18H30Na3O5P. The number of unbranched alkanes of at least 4 members (excludes halogenated alkanes) is 9. The van der Waals surface area contributed by atoms with Crippen molar-refractivity contribution in [2.45, 2.75) is 71.1 Å². The maximum absolute atomic E-state index is 8.55. The zero-order valence-electron chi connectivity index (χ0n) is 17.7.